The molecule has 0 aromatic rings. The lowest BCUT2D eigenvalue weighted by molar-refractivity contribution is -0.161. The highest BCUT2D eigenvalue weighted by Gasteiger charge is 2.28. The first-order valence-corrected chi connectivity index (χ1v) is 30.3. The molecule has 0 bridgehead atoms. The van der Waals surface area contributed by atoms with E-state index in [9.17, 15) is 28.9 Å². The molecule has 12 heteroatoms. The van der Waals surface area contributed by atoms with E-state index in [0.717, 1.165) is 109 Å². The lowest BCUT2D eigenvalue weighted by Gasteiger charge is -2.21. The molecule has 0 aromatic heterocycles. The van der Waals surface area contributed by atoms with E-state index in [2.05, 4.69) is 112 Å². The summed E-state index contributed by atoms with van der Waals surface area (Å²) in [6, 6.07) is 0. The van der Waals surface area contributed by atoms with Crippen LogP contribution in [-0.4, -0.2) is 66.5 Å². The Morgan fingerprint density at radius 1 is 0.405 bits per heavy atom. The lowest BCUT2D eigenvalue weighted by atomic mass is 10.1. The summed E-state index contributed by atoms with van der Waals surface area (Å²) in [5, 5.41) is 9.81. The molecular weight excluding hydrogens is 952 g/mol. The van der Waals surface area contributed by atoms with Crippen LogP contribution in [-0.2, 0) is 42.2 Å². The van der Waals surface area contributed by atoms with Crippen LogP contribution in [0.15, 0.2) is 109 Å². The molecule has 0 aliphatic heterocycles. The zero-order valence-corrected chi connectivity index (χ0v) is 47.4. The number of carbonyl (C=O) groups excluding carboxylic acids is 3. The lowest BCUT2D eigenvalue weighted by Crippen LogP contribution is -2.30. The fourth-order valence-electron chi connectivity index (χ4n) is 7.38. The minimum absolute atomic E-state index is 0.0118. The number of ether oxygens (including phenoxy) is 3. The Morgan fingerprint density at radius 3 is 1.16 bits per heavy atom. The number of carbonyl (C=O) groups is 3. The molecule has 3 atom stereocenters. The Morgan fingerprint density at radius 2 is 0.743 bits per heavy atom. The van der Waals surface area contributed by atoms with Crippen LogP contribution in [0.1, 0.15) is 226 Å². The zero-order valence-electron chi connectivity index (χ0n) is 46.5. The molecule has 0 saturated carbocycles. The highest BCUT2D eigenvalue weighted by Crippen LogP contribution is 2.43. The molecule has 0 amide bonds. The van der Waals surface area contributed by atoms with Crippen molar-refractivity contribution in [2.45, 2.75) is 238 Å². The maximum absolute atomic E-state index is 12.9. The van der Waals surface area contributed by atoms with E-state index in [1.54, 1.807) is 6.08 Å². The fourth-order valence-corrected chi connectivity index (χ4v) is 8.16. The number of esters is 3. The Bertz CT molecular complexity index is 1660. The molecule has 74 heavy (non-hydrogen) atoms. The SMILES string of the molecule is CC/C=C\C/C=C\C/C=C\C/C=C\C/C=C\CC(=O)OCC(COP(=O)(O)OCC(CO)OC(=O)CCCCCCC/C=C\C/C=C\C/C=C\CC)OC(=O)CCCCCCCCC/C=C\CCCCCCCC. The standard InChI is InChI=1S/C62H103O11P/c1-4-7-10-13-16-19-22-25-28-29-32-35-38-41-44-47-50-53-62(66)73-59(55-69-60(64)51-48-45-42-39-36-33-30-26-23-20-17-14-11-8-5-2)57-71-74(67,68)70-56-58(54-63)72-61(65)52-49-46-43-40-37-34-31-27-24-21-18-15-12-9-6-3/h8-9,11-12,17-18,20-21,25-28,30-31,36,39,45,48,58-59,63H,4-7,10,13-16,19,22-24,29,32-35,37-38,40-44,46-47,49-57H2,1-3H3,(H,67,68)/b11-8-,12-9-,20-17-,21-18-,28-25-,30-26-,31-27-,39-36-,48-45-. The van der Waals surface area contributed by atoms with Crippen molar-refractivity contribution in [3.05, 3.63) is 109 Å². The Labute approximate surface area is 450 Å². The van der Waals surface area contributed by atoms with Crippen LogP contribution in [0.5, 0.6) is 0 Å². The molecule has 0 radical (unpaired) electrons. The predicted molar refractivity (Wildman–Crippen MR) is 307 cm³/mol. The summed E-state index contributed by atoms with van der Waals surface area (Å²) in [4.78, 5) is 48.5. The van der Waals surface area contributed by atoms with Gasteiger partial charge in [0.1, 0.15) is 12.7 Å². The second-order valence-electron chi connectivity index (χ2n) is 18.7. The number of phosphoric acid groups is 1. The van der Waals surface area contributed by atoms with Crippen LogP contribution < -0.4 is 0 Å². The summed E-state index contributed by atoms with van der Waals surface area (Å²) in [6.45, 7) is 4.27. The summed E-state index contributed by atoms with van der Waals surface area (Å²) in [6.07, 6.45) is 66.5. The molecule has 0 aliphatic rings. The van der Waals surface area contributed by atoms with Gasteiger partial charge in [-0.25, -0.2) is 4.57 Å². The summed E-state index contributed by atoms with van der Waals surface area (Å²) in [5.74, 6) is -1.65. The van der Waals surface area contributed by atoms with Gasteiger partial charge in [0.2, 0.25) is 0 Å². The molecule has 422 valence electrons. The third kappa shape index (κ3) is 53.0. The Kier molecular flexibility index (Phi) is 52.5. The van der Waals surface area contributed by atoms with Crippen LogP contribution in [0.25, 0.3) is 0 Å². The van der Waals surface area contributed by atoms with Gasteiger partial charge in [-0.2, -0.15) is 0 Å². The monoisotopic (exact) mass is 1050 g/mol. The van der Waals surface area contributed by atoms with Gasteiger partial charge in [0, 0.05) is 12.8 Å². The van der Waals surface area contributed by atoms with E-state index in [0.29, 0.717) is 19.3 Å². The van der Waals surface area contributed by atoms with E-state index >= 15 is 0 Å². The van der Waals surface area contributed by atoms with Crippen LogP contribution in [0.2, 0.25) is 0 Å². The maximum Gasteiger partial charge on any atom is 0.472 e. The van der Waals surface area contributed by atoms with E-state index in [-0.39, 0.29) is 19.3 Å². The minimum Gasteiger partial charge on any atom is -0.461 e. The number of phosphoric ester groups is 1. The van der Waals surface area contributed by atoms with Crippen molar-refractivity contribution in [2.75, 3.05) is 26.4 Å². The average molecular weight is 1060 g/mol. The highest BCUT2D eigenvalue weighted by molar-refractivity contribution is 7.47. The van der Waals surface area contributed by atoms with E-state index in [4.69, 9.17) is 23.3 Å². The maximum atomic E-state index is 12.9. The van der Waals surface area contributed by atoms with Gasteiger partial charge in [-0.3, -0.25) is 23.4 Å². The average Bonchev–Trinajstić information content (AvgIpc) is 3.39. The number of aliphatic hydroxyl groups is 1. The van der Waals surface area contributed by atoms with Crippen molar-refractivity contribution in [1.29, 1.82) is 0 Å². The quantitative estimate of drug-likeness (QED) is 0.0197. The largest absolute Gasteiger partial charge is 0.472 e. The van der Waals surface area contributed by atoms with Gasteiger partial charge in [-0.15, -0.1) is 0 Å². The molecule has 11 nitrogen and oxygen atoms in total. The summed E-state index contributed by atoms with van der Waals surface area (Å²) < 4.78 is 39.4. The van der Waals surface area contributed by atoms with E-state index < -0.39 is 64.4 Å². The predicted octanol–water partition coefficient (Wildman–Crippen LogP) is 17.0. The van der Waals surface area contributed by atoms with Crippen LogP contribution >= 0.6 is 7.82 Å². The summed E-state index contributed by atoms with van der Waals surface area (Å²) in [5.41, 5.74) is 0. The molecule has 3 unspecified atom stereocenters. The molecule has 0 saturated heterocycles. The second kappa shape index (κ2) is 55.4. The van der Waals surface area contributed by atoms with Crippen LogP contribution in [0.3, 0.4) is 0 Å². The van der Waals surface area contributed by atoms with Gasteiger partial charge in [-0.05, 0) is 103 Å². The minimum atomic E-state index is -4.78. The van der Waals surface area contributed by atoms with Crippen molar-refractivity contribution in [3.63, 3.8) is 0 Å². The smallest absolute Gasteiger partial charge is 0.461 e. The summed E-state index contributed by atoms with van der Waals surface area (Å²) in [7, 11) is -4.78. The molecule has 0 heterocycles. The number of aliphatic hydroxyl groups excluding tert-OH is 1. The van der Waals surface area contributed by atoms with E-state index in [1.165, 1.54) is 57.8 Å². The molecule has 0 rings (SSSR count). The van der Waals surface area contributed by atoms with Gasteiger partial charge < -0.3 is 24.2 Å². The van der Waals surface area contributed by atoms with Crippen molar-refractivity contribution in [2.24, 2.45) is 0 Å². The molecule has 0 aromatic carbocycles. The third-order valence-electron chi connectivity index (χ3n) is 11.7. The Balaban J connectivity index is 4.85. The number of rotatable bonds is 52. The molecule has 0 spiro atoms. The Hall–Kier alpha value is -3.86. The fraction of sp³-hybridized carbons (Fsp3) is 0.661. The van der Waals surface area contributed by atoms with Gasteiger partial charge in [0.05, 0.1) is 26.2 Å². The topological polar surface area (TPSA) is 155 Å². The van der Waals surface area contributed by atoms with E-state index in [1.807, 2.05) is 12.2 Å². The van der Waals surface area contributed by atoms with Crippen molar-refractivity contribution < 1.29 is 52.2 Å². The number of allylic oxidation sites excluding steroid dienone is 17. The van der Waals surface area contributed by atoms with Gasteiger partial charge in [0.15, 0.2) is 6.10 Å². The first-order chi connectivity index (χ1) is 36.2. The van der Waals surface area contributed by atoms with Crippen molar-refractivity contribution in [3.8, 4) is 0 Å². The highest BCUT2D eigenvalue weighted by atomic mass is 31.2. The first-order valence-electron chi connectivity index (χ1n) is 28.8. The molecule has 0 fully saturated rings. The van der Waals surface area contributed by atoms with Crippen LogP contribution in [0.4, 0.5) is 0 Å². The van der Waals surface area contributed by atoms with Gasteiger partial charge in [0.25, 0.3) is 0 Å². The summed E-state index contributed by atoms with van der Waals surface area (Å²) >= 11 is 0. The first kappa shape index (κ1) is 70.1. The van der Waals surface area contributed by atoms with Gasteiger partial charge in [-0.1, -0.05) is 214 Å². The van der Waals surface area contributed by atoms with Crippen LogP contribution in [0, 0.1) is 0 Å². The number of hydrogen-bond acceptors (Lipinski definition) is 10. The number of hydrogen-bond donors (Lipinski definition) is 2. The van der Waals surface area contributed by atoms with Gasteiger partial charge >= 0.3 is 25.7 Å². The second-order valence-corrected chi connectivity index (χ2v) is 20.2. The molecule has 0 aliphatic carbocycles. The molecule has 2 N–H and O–H groups in total. The third-order valence-corrected chi connectivity index (χ3v) is 12.6. The van der Waals surface area contributed by atoms with Crippen molar-refractivity contribution in [1.82, 2.24) is 0 Å². The number of unbranched alkanes of at least 4 members (excludes halogenated alkanes) is 18. The molecular formula is C62H103O11P. The normalized spacial score (nSPS) is 14.2. The zero-order chi connectivity index (χ0) is 54.1. The van der Waals surface area contributed by atoms with Crippen molar-refractivity contribution >= 4 is 25.7 Å².